The van der Waals surface area contributed by atoms with Gasteiger partial charge in [-0.05, 0) is 12.0 Å². The number of nitrogens with two attached hydrogens (primary N) is 1. The second kappa shape index (κ2) is 5.89. The summed E-state index contributed by atoms with van der Waals surface area (Å²) in [5.74, 6) is 0. The van der Waals surface area contributed by atoms with Gasteiger partial charge in [0.2, 0.25) is 0 Å². The van der Waals surface area contributed by atoms with E-state index in [1.807, 2.05) is 30.3 Å². The monoisotopic (exact) mass is 247 g/mol. The van der Waals surface area contributed by atoms with Crippen LogP contribution in [-0.2, 0) is 6.42 Å². The van der Waals surface area contributed by atoms with Crippen LogP contribution < -0.4 is 5.73 Å². The third kappa shape index (κ3) is 3.11. The van der Waals surface area contributed by atoms with E-state index in [4.69, 9.17) is 5.73 Å². The molecule has 1 unspecified atom stereocenters. The highest BCUT2D eigenvalue weighted by Gasteiger charge is 2.13. The van der Waals surface area contributed by atoms with Crippen molar-refractivity contribution in [2.75, 3.05) is 0 Å². The van der Waals surface area contributed by atoms with E-state index in [-0.39, 0.29) is 6.04 Å². The molecule has 0 radical (unpaired) electrons. The Morgan fingerprint density at radius 3 is 2.71 bits per heavy atom. The molecule has 4 heteroatoms. The molecule has 0 bridgehead atoms. The minimum absolute atomic E-state index is 0.149. The summed E-state index contributed by atoms with van der Waals surface area (Å²) in [6, 6.07) is 9.88. The van der Waals surface area contributed by atoms with E-state index < -0.39 is 0 Å². The number of rotatable bonds is 5. The Morgan fingerprint density at radius 1 is 1.24 bits per heavy atom. The third-order valence-corrected chi connectivity index (χ3v) is 3.72. The van der Waals surface area contributed by atoms with Gasteiger partial charge in [0.05, 0.1) is 6.04 Å². The molecule has 2 rings (SSSR count). The second-order valence-electron chi connectivity index (χ2n) is 4.03. The number of benzene rings is 1. The first-order valence-corrected chi connectivity index (χ1v) is 6.75. The van der Waals surface area contributed by atoms with Crippen molar-refractivity contribution in [3.05, 3.63) is 45.9 Å². The average Bonchev–Trinajstić information content (AvgIpc) is 2.85. The van der Waals surface area contributed by atoms with Gasteiger partial charge in [-0.3, -0.25) is 0 Å². The first-order chi connectivity index (χ1) is 8.31. The fraction of sp³-hybridized carbons (Fsp3) is 0.385. The molecular formula is C13H17N3S. The van der Waals surface area contributed by atoms with E-state index >= 15 is 0 Å². The third-order valence-electron chi connectivity index (χ3n) is 2.65. The molecule has 0 amide bonds. The standard InChI is InChI=1S/C13H17N3S/c1-2-3-9-11-15-16-13(17-11)12(14)10-7-5-4-6-8-10/h4-8,12H,2-3,9,14H2,1H3. The molecule has 0 aliphatic heterocycles. The van der Waals surface area contributed by atoms with E-state index in [1.165, 1.54) is 6.42 Å². The zero-order chi connectivity index (χ0) is 12.1. The molecule has 90 valence electrons. The predicted octanol–water partition coefficient (Wildman–Crippen LogP) is 2.93. The summed E-state index contributed by atoms with van der Waals surface area (Å²) in [7, 11) is 0. The number of aromatic nitrogens is 2. The SMILES string of the molecule is CCCCc1nnc(C(N)c2ccccc2)s1. The Kier molecular flexibility index (Phi) is 4.23. The van der Waals surface area contributed by atoms with Crippen LogP contribution in [0, 0.1) is 0 Å². The molecule has 17 heavy (non-hydrogen) atoms. The van der Waals surface area contributed by atoms with Crippen LogP contribution in [0.5, 0.6) is 0 Å². The molecule has 0 spiro atoms. The van der Waals surface area contributed by atoms with Gasteiger partial charge in [0.25, 0.3) is 0 Å². The van der Waals surface area contributed by atoms with Gasteiger partial charge in [-0.15, -0.1) is 10.2 Å². The maximum absolute atomic E-state index is 6.17. The van der Waals surface area contributed by atoms with Gasteiger partial charge in [-0.25, -0.2) is 0 Å². The molecule has 2 aromatic rings. The lowest BCUT2D eigenvalue weighted by Crippen LogP contribution is -2.11. The molecule has 1 aromatic carbocycles. The summed E-state index contributed by atoms with van der Waals surface area (Å²) in [5, 5.41) is 10.4. The molecule has 0 fully saturated rings. The summed E-state index contributed by atoms with van der Waals surface area (Å²) in [6.45, 7) is 2.18. The molecule has 1 aromatic heterocycles. The van der Waals surface area contributed by atoms with E-state index in [0.29, 0.717) is 0 Å². The number of unbranched alkanes of at least 4 members (excludes halogenated alkanes) is 1. The molecule has 0 aliphatic carbocycles. The van der Waals surface area contributed by atoms with Crippen molar-refractivity contribution in [1.82, 2.24) is 10.2 Å². The van der Waals surface area contributed by atoms with Gasteiger partial charge in [-0.1, -0.05) is 55.0 Å². The van der Waals surface area contributed by atoms with E-state index in [9.17, 15) is 0 Å². The lowest BCUT2D eigenvalue weighted by molar-refractivity contribution is 0.771. The van der Waals surface area contributed by atoms with Crippen molar-refractivity contribution in [3.63, 3.8) is 0 Å². The van der Waals surface area contributed by atoms with Crippen molar-refractivity contribution in [1.29, 1.82) is 0 Å². The van der Waals surface area contributed by atoms with Crippen LogP contribution in [0.25, 0.3) is 0 Å². The van der Waals surface area contributed by atoms with Gasteiger partial charge < -0.3 is 5.73 Å². The normalized spacial score (nSPS) is 12.6. The highest BCUT2D eigenvalue weighted by molar-refractivity contribution is 7.11. The van der Waals surface area contributed by atoms with Crippen molar-refractivity contribution in [3.8, 4) is 0 Å². The van der Waals surface area contributed by atoms with Crippen molar-refractivity contribution in [2.45, 2.75) is 32.2 Å². The van der Waals surface area contributed by atoms with Crippen LogP contribution in [0.3, 0.4) is 0 Å². The van der Waals surface area contributed by atoms with Gasteiger partial charge in [0.15, 0.2) is 0 Å². The Labute approximate surface area is 106 Å². The van der Waals surface area contributed by atoms with E-state index in [0.717, 1.165) is 28.4 Å². The van der Waals surface area contributed by atoms with Crippen molar-refractivity contribution in [2.24, 2.45) is 5.73 Å². The fourth-order valence-electron chi connectivity index (χ4n) is 1.62. The van der Waals surface area contributed by atoms with E-state index in [1.54, 1.807) is 11.3 Å². The molecule has 0 saturated carbocycles. The largest absolute Gasteiger partial charge is 0.318 e. The highest BCUT2D eigenvalue weighted by Crippen LogP contribution is 2.23. The van der Waals surface area contributed by atoms with Gasteiger partial charge >= 0.3 is 0 Å². The van der Waals surface area contributed by atoms with Crippen LogP contribution in [0.1, 0.15) is 41.4 Å². The van der Waals surface area contributed by atoms with Crippen molar-refractivity contribution < 1.29 is 0 Å². The number of hydrogen-bond donors (Lipinski definition) is 1. The quantitative estimate of drug-likeness (QED) is 0.883. The lowest BCUT2D eigenvalue weighted by Gasteiger charge is -2.06. The summed E-state index contributed by atoms with van der Waals surface area (Å²) in [4.78, 5) is 0. The van der Waals surface area contributed by atoms with Crippen LogP contribution in [0.15, 0.2) is 30.3 Å². The number of hydrogen-bond acceptors (Lipinski definition) is 4. The summed E-state index contributed by atoms with van der Waals surface area (Å²) < 4.78 is 0. The molecule has 0 aliphatic rings. The Morgan fingerprint density at radius 2 is 2.00 bits per heavy atom. The molecular weight excluding hydrogens is 230 g/mol. The molecule has 1 atom stereocenters. The molecule has 0 saturated heterocycles. The van der Waals surface area contributed by atoms with Crippen LogP contribution in [-0.4, -0.2) is 10.2 Å². The van der Waals surface area contributed by atoms with Crippen molar-refractivity contribution >= 4 is 11.3 Å². The molecule has 2 N–H and O–H groups in total. The Bertz CT molecular complexity index is 453. The molecule has 3 nitrogen and oxygen atoms in total. The highest BCUT2D eigenvalue weighted by atomic mass is 32.1. The fourth-order valence-corrected chi connectivity index (χ4v) is 2.54. The first-order valence-electron chi connectivity index (χ1n) is 5.94. The van der Waals surface area contributed by atoms with Gasteiger partial charge in [-0.2, -0.15) is 0 Å². The summed E-state index contributed by atoms with van der Waals surface area (Å²) >= 11 is 1.63. The van der Waals surface area contributed by atoms with Gasteiger partial charge in [0.1, 0.15) is 10.0 Å². The van der Waals surface area contributed by atoms with Crippen LogP contribution in [0.2, 0.25) is 0 Å². The zero-order valence-corrected chi connectivity index (χ0v) is 10.8. The number of aryl methyl sites for hydroxylation is 1. The minimum atomic E-state index is -0.149. The topological polar surface area (TPSA) is 51.8 Å². The van der Waals surface area contributed by atoms with E-state index in [2.05, 4.69) is 17.1 Å². The zero-order valence-electron chi connectivity index (χ0n) is 9.97. The van der Waals surface area contributed by atoms with Crippen LogP contribution in [0.4, 0.5) is 0 Å². The first kappa shape index (κ1) is 12.2. The predicted molar refractivity (Wildman–Crippen MR) is 71.0 cm³/mol. The maximum atomic E-state index is 6.17. The average molecular weight is 247 g/mol. The maximum Gasteiger partial charge on any atom is 0.138 e. The summed E-state index contributed by atoms with van der Waals surface area (Å²) in [6.07, 6.45) is 3.35. The van der Waals surface area contributed by atoms with Crippen LogP contribution >= 0.6 is 11.3 Å². The Hall–Kier alpha value is -1.26. The number of nitrogens with zero attached hydrogens (tertiary/aromatic N) is 2. The second-order valence-corrected chi connectivity index (χ2v) is 5.12. The Balaban J connectivity index is 2.09. The summed E-state index contributed by atoms with van der Waals surface area (Å²) in [5.41, 5.74) is 7.25. The van der Waals surface area contributed by atoms with Gasteiger partial charge in [0, 0.05) is 6.42 Å². The smallest absolute Gasteiger partial charge is 0.138 e. The molecule has 1 heterocycles. The lowest BCUT2D eigenvalue weighted by atomic mass is 10.1. The minimum Gasteiger partial charge on any atom is -0.318 e.